The average molecular weight is 283 g/mol. The molecule has 2 aromatic rings. The van der Waals surface area contributed by atoms with Gasteiger partial charge in [0.1, 0.15) is 0 Å². The average Bonchev–Trinajstić information content (AvgIpc) is 2.95. The fourth-order valence-corrected chi connectivity index (χ4v) is 2.27. The molecule has 0 saturated heterocycles. The number of likely N-dealkylation sites (N-methyl/N-ethyl adjacent to an activating group) is 1. The van der Waals surface area contributed by atoms with Crippen molar-refractivity contribution in [3.8, 4) is 11.5 Å². The number of anilines is 1. The molecule has 1 aliphatic heterocycles. The van der Waals surface area contributed by atoms with E-state index in [-0.39, 0.29) is 12.6 Å². The summed E-state index contributed by atoms with van der Waals surface area (Å²) in [6.07, 6.45) is 0. The summed E-state index contributed by atoms with van der Waals surface area (Å²) in [5.74, 6) is 1.38. The Kier molecular flexibility index (Phi) is 3.52. The predicted molar refractivity (Wildman–Crippen MR) is 81.3 cm³/mol. The highest BCUT2D eigenvalue weighted by Crippen LogP contribution is 2.32. The van der Waals surface area contributed by atoms with Crippen molar-refractivity contribution in [3.63, 3.8) is 0 Å². The highest BCUT2D eigenvalue weighted by atomic mass is 16.7. The Bertz CT molecular complexity index is 664. The number of fused-ring (bicyclic) bond motifs is 1. The molecule has 4 heteroatoms. The van der Waals surface area contributed by atoms with Crippen LogP contribution in [0.4, 0.5) is 5.69 Å². The summed E-state index contributed by atoms with van der Waals surface area (Å²) >= 11 is 0. The third kappa shape index (κ3) is 2.84. The van der Waals surface area contributed by atoms with Crippen LogP contribution in [-0.2, 0) is 0 Å². The van der Waals surface area contributed by atoms with Crippen molar-refractivity contribution in [1.82, 2.24) is 0 Å². The van der Waals surface area contributed by atoms with Crippen LogP contribution in [0.2, 0.25) is 0 Å². The zero-order chi connectivity index (χ0) is 14.8. The van der Waals surface area contributed by atoms with Crippen molar-refractivity contribution in [2.45, 2.75) is 6.92 Å². The maximum absolute atomic E-state index is 12.4. The summed E-state index contributed by atoms with van der Waals surface area (Å²) in [6.45, 7) is 2.58. The van der Waals surface area contributed by atoms with E-state index in [9.17, 15) is 4.79 Å². The van der Waals surface area contributed by atoms with Crippen LogP contribution in [0.1, 0.15) is 15.9 Å². The van der Waals surface area contributed by atoms with Gasteiger partial charge in [0.05, 0.1) is 6.54 Å². The van der Waals surface area contributed by atoms with E-state index in [1.807, 2.05) is 43.1 Å². The van der Waals surface area contributed by atoms with Gasteiger partial charge in [0.15, 0.2) is 17.3 Å². The Labute approximate surface area is 123 Å². The monoisotopic (exact) mass is 283 g/mol. The van der Waals surface area contributed by atoms with E-state index in [0.717, 1.165) is 5.69 Å². The molecule has 1 aliphatic rings. The lowest BCUT2D eigenvalue weighted by atomic mass is 10.1. The predicted octanol–water partition coefficient (Wildman–Crippen LogP) is 3.04. The highest BCUT2D eigenvalue weighted by molar-refractivity contribution is 5.99. The number of Topliss-reactive ketones (excluding diaryl/α,β-unsaturated/α-hetero) is 1. The normalized spacial score (nSPS) is 12.3. The van der Waals surface area contributed by atoms with Gasteiger partial charge in [0, 0.05) is 18.3 Å². The first-order chi connectivity index (χ1) is 10.1. The number of aryl methyl sites for hydroxylation is 1. The number of hydrogen-bond donors (Lipinski definition) is 0. The zero-order valence-electron chi connectivity index (χ0n) is 12.1. The lowest BCUT2D eigenvalue weighted by Crippen LogP contribution is -2.25. The van der Waals surface area contributed by atoms with Crippen LogP contribution in [-0.4, -0.2) is 26.2 Å². The lowest BCUT2D eigenvalue weighted by Gasteiger charge is -2.18. The fourth-order valence-electron chi connectivity index (χ4n) is 2.27. The van der Waals surface area contributed by atoms with Crippen LogP contribution in [0.15, 0.2) is 42.5 Å². The minimum Gasteiger partial charge on any atom is -0.454 e. The van der Waals surface area contributed by atoms with Crippen molar-refractivity contribution in [3.05, 3.63) is 53.6 Å². The molecule has 4 nitrogen and oxygen atoms in total. The second-order valence-corrected chi connectivity index (χ2v) is 5.18. The Balaban J connectivity index is 1.72. The van der Waals surface area contributed by atoms with Crippen molar-refractivity contribution in [2.24, 2.45) is 0 Å². The third-order valence-corrected chi connectivity index (χ3v) is 3.55. The van der Waals surface area contributed by atoms with Gasteiger partial charge in [-0.25, -0.2) is 0 Å². The SMILES string of the molecule is Cc1ccc(N(C)CC(=O)c2ccc3c(c2)OCO3)cc1. The Morgan fingerprint density at radius 3 is 2.57 bits per heavy atom. The maximum atomic E-state index is 12.4. The van der Waals surface area contributed by atoms with Gasteiger partial charge >= 0.3 is 0 Å². The third-order valence-electron chi connectivity index (χ3n) is 3.55. The molecule has 0 bridgehead atoms. The molecular weight excluding hydrogens is 266 g/mol. The Hall–Kier alpha value is -2.49. The summed E-state index contributed by atoms with van der Waals surface area (Å²) in [4.78, 5) is 14.3. The molecular formula is C17H17NO3. The van der Waals surface area contributed by atoms with Crippen LogP contribution in [0.25, 0.3) is 0 Å². The molecule has 108 valence electrons. The van der Waals surface area contributed by atoms with Crippen molar-refractivity contribution < 1.29 is 14.3 Å². The fraction of sp³-hybridized carbons (Fsp3) is 0.235. The maximum Gasteiger partial charge on any atom is 0.231 e. The minimum atomic E-state index is 0.0522. The summed E-state index contributed by atoms with van der Waals surface area (Å²) in [5, 5.41) is 0. The van der Waals surface area contributed by atoms with Gasteiger partial charge in [-0.2, -0.15) is 0 Å². The molecule has 0 aromatic heterocycles. The molecule has 0 fully saturated rings. The number of carbonyl (C=O) groups is 1. The summed E-state index contributed by atoms with van der Waals surface area (Å²) in [5.41, 5.74) is 2.86. The van der Waals surface area contributed by atoms with Crippen LogP contribution in [0.3, 0.4) is 0 Å². The van der Waals surface area contributed by atoms with Crippen LogP contribution in [0, 0.1) is 6.92 Å². The largest absolute Gasteiger partial charge is 0.454 e. The molecule has 1 heterocycles. The van der Waals surface area contributed by atoms with E-state index in [1.54, 1.807) is 18.2 Å². The van der Waals surface area contributed by atoms with Crippen LogP contribution in [0.5, 0.6) is 11.5 Å². The molecule has 0 saturated carbocycles. The first-order valence-corrected chi connectivity index (χ1v) is 6.84. The molecule has 2 aromatic carbocycles. The minimum absolute atomic E-state index is 0.0522. The van der Waals surface area contributed by atoms with Crippen LogP contribution < -0.4 is 14.4 Å². The Morgan fingerprint density at radius 1 is 1.10 bits per heavy atom. The standard InChI is InChI=1S/C17H17NO3/c1-12-3-6-14(7-4-12)18(2)10-15(19)13-5-8-16-17(9-13)21-11-20-16/h3-9H,10-11H2,1-2H3. The van der Waals surface area contributed by atoms with Gasteiger partial charge in [0.2, 0.25) is 6.79 Å². The summed E-state index contributed by atoms with van der Waals surface area (Å²) in [7, 11) is 1.91. The Morgan fingerprint density at radius 2 is 1.81 bits per heavy atom. The van der Waals surface area contributed by atoms with E-state index in [4.69, 9.17) is 9.47 Å². The molecule has 0 atom stereocenters. The topological polar surface area (TPSA) is 38.8 Å². The van der Waals surface area contributed by atoms with Crippen LogP contribution >= 0.6 is 0 Å². The van der Waals surface area contributed by atoms with Crippen molar-refractivity contribution in [2.75, 3.05) is 25.3 Å². The quantitative estimate of drug-likeness (QED) is 0.808. The second kappa shape index (κ2) is 5.48. The molecule has 0 N–H and O–H groups in total. The molecule has 21 heavy (non-hydrogen) atoms. The highest BCUT2D eigenvalue weighted by Gasteiger charge is 2.17. The number of hydrogen-bond acceptors (Lipinski definition) is 4. The van der Waals surface area contributed by atoms with E-state index in [0.29, 0.717) is 23.6 Å². The molecule has 0 spiro atoms. The van der Waals surface area contributed by atoms with Gasteiger partial charge in [-0.15, -0.1) is 0 Å². The van der Waals surface area contributed by atoms with Gasteiger partial charge in [-0.05, 0) is 37.3 Å². The molecule has 0 aliphatic carbocycles. The zero-order valence-corrected chi connectivity index (χ0v) is 12.1. The molecule has 0 amide bonds. The van der Waals surface area contributed by atoms with Crippen molar-refractivity contribution in [1.29, 1.82) is 0 Å². The number of nitrogens with zero attached hydrogens (tertiary/aromatic N) is 1. The van der Waals surface area contributed by atoms with E-state index in [2.05, 4.69) is 0 Å². The lowest BCUT2D eigenvalue weighted by molar-refractivity contribution is 0.1000. The van der Waals surface area contributed by atoms with Gasteiger partial charge in [0.25, 0.3) is 0 Å². The van der Waals surface area contributed by atoms with E-state index < -0.39 is 0 Å². The first-order valence-electron chi connectivity index (χ1n) is 6.84. The summed E-state index contributed by atoms with van der Waals surface area (Å²) in [6, 6.07) is 13.4. The molecule has 3 rings (SSSR count). The number of ether oxygens (including phenoxy) is 2. The number of rotatable bonds is 4. The number of benzene rings is 2. The molecule has 0 radical (unpaired) electrons. The van der Waals surface area contributed by atoms with E-state index >= 15 is 0 Å². The van der Waals surface area contributed by atoms with Gasteiger partial charge in [-0.3, -0.25) is 4.79 Å². The number of carbonyl (C=O) groups excluding carboxylic acids is 1. The van der Waals surface area contributed by atoms with Gasteiger partial charge in [-0.1, -0.05) is 17.7 Å². The van der Waals surface area contributed by atoms with Gasteiger partial charge < -0.3 is 14.4 Å². The summed E-state index contributed by atoms with van der Waals surface area (Å²) < 4.78 is 10.6. The van der Waals surface area contributed by atoms with Crippen molar-refractivity contribution >= 4 is 11.5 Å². The van der Waals surface area contributed by atoms with E-state index in [1.165, 1.54) is 5.56 Å². The smallest absolute Gasteiger partial charge is 0.231 e. The molecule has 0 unspecified atom stereocenters. The first kappa shape index (κ1) is 13.5. The second-order valence-electron chi connectivity index (χ2n) is 5.18. The number of ketones is 1.